The van der Waals surface area contributed by atoms with E-state index >= 15 is 0 Å². The third-order valence-corrected chi connectivity index (χ3v) is 3.21. The number of halogens is 1. The monoisotopic (exact) mass is 255 g/mol. The quantitative estimate of drug-likeness (QED) is 0.901. The molecule has 0 spiro atoms. The predicted octanol–water partition coefficient (Wildman–Crippen LogP) is 2.71. The minimum absolute atomic E-state index is 0.233. The lowest BCUT2D eigenvalue weighted by molar-refractivity contribution is 0.0767. The zero-order valence-corrected chi connectivity index (χ0v) is 11.0. The van der Waals surface area contributed by atoms with E-state index in [2.05, 4.69) is 12.2 Å². The summed E-state index contributed by atoms with van der Waals surface area (Å²) in [5, 5.41) is 4.10. The second-order valence-corrected chi connectivity index (χ2v) is 4.56. The smallest absolute Gasteiger partial charge is 0.138 e. The van der Waals surface area contributed by atoms with Crippen LogP contribution in [0, 0.1) is 6.92 Å². The second kappa shape index (κ2) is 5.71. The van der Waals surface area contributed by atoms with Gasteiger partial charge in [-0.05, 0) is 37.1 Å². The Morgan fingerprint density at radius 2 is 2.35 bits per heavy atom. The van der Waals surface area contributed by atoms with Crippen LogP contribution < -0.4 is 10.1 Å². The molecule has 4 heteroatoms. The highest BCUT2D eigenvalue weighted by atomic mass is 35.5. The van der Waals surface area contributed by atoms with Gasteiger partial charge in [-0.2, -0.15) is 0 Å². The van der Waals surface area contributed by atoms with Crippen LogP contribution in [0.2, 0.25) is 5.02 Å². The van der Waals surface area contributed by atoms with E-state index in [1.807, 2.05) is 19.1 Å². The van der Waals surface area contributed by atoms with E-state index in [0.717, 1.165) is 18.9 Å². The van der Waals surface area contributed by atoms with Crippen molar-refractivity contribution in [3.05, 3.63) is 28.3 Å². The Kier molecular flexibility index (Phi) is 4.26. The Bertz CT molecular complexity index is 389. The van der Waals surface area contributed by atoms with Gasteiger partial charge in [0.15, 0.2) is 0 Å². The van der Waals surface area contributed by atoms with Gasteiger partial charge in [0, 0.05) is 6.54 Å². The van der Waals surface area contributed by atoms with Crippen molar-refractivity contribution in [2.45, 2.75) is 19.9 Å². The molecule has 0 radical (unpaired) electrons. The highest BCUT2D eigenvalue weighted by Gasteiger charge is 2.18. The van der Waals surface area contributed by atoms with E-state index in [1.165, 1.54) is 11.1 Å². The van der Waals surface area contributed by atoms with Gasteiger partial charge in [0.1, 0.15) is 5.75 Å². The average molecular weight is 256 g/mol. The number of hydrogen-bond acceptors (Lipinski definition) is 3. The summed E-state index contributed by atoms with van der Waals surface area (Å²) in [5.74, 6) is 0.757. The molecule has 1 heterocycles. The Balaban J connectivity index is 2.25. The Hall–Kier alpha value is -0.770. The molecule has 2 rings (SSSR count). The zero-order chi connectivity index (χ0) is 12.3. The molecule has 1 aromatic rings. The topological polar surface area (TPSA) is 30.5 Å². The maximum Gasteiger partial charge on any atom is 0.138 e. The first-order valence-corrected chi connectivity index (χ1v) is 6.34. The van der Waals surface area contributed by atoms with Crippen LogP contribution in [0.1, 0.15) is 24.1 Å². The second-order valence-electron chi connectivity index (χ2n) is 4.15. The summed E-state index contributed by atoms with van der Waals surface area (Å²) in [4.78, 5) is 0. The highest BCUT2D eigenvalue weighted by Crippen LogP contribution is 2.31. The van der Waals surface area contributed by atoms with Gasteiger partial charge >= 0.3 is 0 Å². The molecule has 0 amide bonds. The fourth-order valence-corrected chi connectivity index (χ4v) is 2.30. The largest absolute Gasteiger partial charge is 0.492 e. The third-order valence-electron chi connectivity index (χ3n) is 2.92. The Morgan fingerprint density at radius 3 is 3.00 bits per heavy atom. The Morgan fingerprint density at radius 1 is 1.53 bits per heavy atom. The molecule has 1 aliphatic heterocycles. The summed E-state index contributed by atoms with van der Waals surface area (Å²) in [6.07, 6.45) is 0. The number of rotatable bonds is 3. The predicted molar refractivity (Wildman–Crippen MR) is 68.9 cm³/mol. The van der Waals surface area contributed by atoms with Crippen LogP contribution in [0.4, 0.5) is 0 Å². The summed E-state index contributed by atoms with van der Waals surface area (Å²) in [6.45, 7) is 7.02. The fourth-order valence-electron chi connectivity index (χ4n) is 2.08. The van der Waals surface area contributed by atoms with Gasteiger partial charge in [0.2, 0.25) is 0 Å². The van der Waals surface area contributed by atoms with E-state index in [4.69, 9.17) is 21.1 Å². The summed E-state index contributed by atoms with van der Waals surface area (Å²) in [7, 11) is 0. The van der Waals surface area contributed by atoms with Crippen LogP contribution in [0.3, 0.4) is 0 Å². The number of nitrogens with one attached hydrogen (secondary N) is 1. The van der Waals surface area contributed by atoms with Gasteiger partial charge in [0.25, 0.3) is 0 Å². The summed E-state index contributed by atoms with van der Waals surface area (Å²) in [5.41, 5.74) is 2.37. The van der Waals surface area contributed by atoms with Crippen molar-refractivity contribution in [3.63, 3.8) is 0 Å². The molecule has 94 valence electrons. The SMILES string of the molecule is CCOc1cc(C)c(C2COCCN2)cc1Cl. The van der Waals surface area contributed by atoms with E-state index in [0.29, 0.717) is 18.2 Å². The molecule has 0 aliphatic carbocycles. The van der Waals surface area contributed by atoms with Gasteiger partial charge in [-0.25, -0.2) is 0 Å². The van der Waals surface area contributed by atoms with Crippen LogP contribution in [0.5, 0.6) is 5.75 Å². The molecule has 0 saturated carbocycles. The number of ether oxygens (including phenoxy) is 2. The molecular formula is C13H18ClNO2. The Labute approximate surface area is 107 Å². The molecule has 1 aromatic carbocycles. The third kappa shape index (κ3) is 2.92. The lowest BCUT2D eigenvalue weighted by Gasteiger charge is -2.26. The zero-order valence-electron chi connectivity index (χ0n) is 10.3. The van der Waals surface area contributed by atoms with Crippen LogP contribution in [0.25, 0.3) is 0 Å². The van der Waals surface area contributed by atoms with Crippen molar-refractivity contribution in [1.82, 2.24) is 5.32 Å². The molecule has 0 bridgehead atoms. The highest BCUT2D eigenvalue weighted by molar-refractivity contribution is 6.32. The van der Waals surface area contributed by atoms with Crippen LogP contribution in [0.15, 0.2) is 12.1 Å². The van der Waals surface area contributed by atoms with Crippen molar-refractivity contribution in [2.24, 2.45) is 0 Å². The summed E-state index contributed by atoms with van der Waals surface area (Å²) in [6, 6.07) is 4.21. The maximum atomic E-state index is 6.21. The molecule has 1 saturated heterocycles. The van der Waals surface area contributed by atoms with Crippen molar-refractivity contribution in [3.8, 4) is 5.75 Å². The lowest BCUT2D eigenvalue weighted by Crippen LogP contribution is -2.34. The van der Waals surface area contributed by atoms with Crippen LogP contribution >= 0.6 is 11.6 Å². The number of benzene rings is 1. The molecular weight excluding hydrogens is 238 g/mol. The summed E-state index contributed by atoms with van der Waals surface area (Å²) < 4.78 is 10.9. The average Bonchev–Trinajstić information content (AvgIpc) is 2.35. The molecule has 1 atom stereocenters. The van der Waals surface area contributed by atoms with Crippen molar-refractivity contribution >= 4 is 11.6 Å². The van der Waals surface area contributed by atoms with E-state index < -0.39 is 0 Å². The first-order chi connectivity index (χ1) is 8.22. The molecule has 1 N–H and O–H groups in total. The molecule has 3 nitrogen and oxygen atoms in total. The van der Waals surface area contributed by atoms with Crippen LogP contribution in [-0.2, 0) is 4.74 Å². The van der Waals surface area contributed by atoms with Gasteiger partial charge in [-0.1, -0.05) is 11.6 Å². The first-order valence-electron chi connectivity index (χ1n) is 5.96. The summed E-state index contributed by atoms with van der Waals surface area (Å²) >= 11 is 6.21. The molecule has 17 heavy (non-hydrogen) atoms. The molecule has 0 aromatic heterocycles. The molecule has 1 fully saturated rings. The van der Waals surface area contributed by atoms with E-state index in [1.54, 1.807) is 0 Å². The van der Waals surface area contributed by atoms with Crippen molar-refractivity contribution in [2.75, 3.05) is 26.4 Å². The van der Waals surface area contributed by atoms with Gasteiger partial charge in [0.05, 0.1) is 30.9 Å². The number of aryl methyl sites for hydroxylation is 1. The standard InChI is InChI=1S/C13H18ClNO2/c1-3-17-13-6-9(2)10(7-11(13)14)12-8-16-5-4-15-12/h6-7,12,15H,3-5,8H2,1-2H3. The van der Waals surface area contributed by atoms with E-state index in [-0.39, 0.29) is 6.04 Å². The van der Waals surface area contributed by atoms with Gasteiger partial charge in [-0.15, -0.1) is 0 Å². The van der Waals surface area contributed by atoms with Gasteiger partial charge in [-0.3, -0.25) is 0 Å². The first kappa shape index (κ1) is 12.7. The minimum atomic E-state index is 0.233. The lowest BCUT2D eigenvalue weighted by atomic mass is 10.0. The normalized spacial score (nSPS) is 20.3. The van der Waals surface area contributed by atoms with Crippen molar-refractivity contribution in [1.29, 1.82) is 0 Å². The van der Waals surface area contributed by atoms with Gasteiger partial charge < -0.3 is 14.8 Å². The minimum Gasteiger partial charge on any atom is -0.492 e. The van der Waals surface area contributed by atoms with Crippen molar-refractivity contribution < 1.29 is 9.47 Å². The molecule has 1 aliphatic rings. The fraction of sp³-hybridized carbons (Fsp3) is 0.538. The number of morpholine rings is 1. The number of hydrogen-bond donors (Lipinski definition) is 1. The maximum absolute atomic E-state index is 6.21. The van der Waals surface area contributed by atoms with Crippen LogP contribution in [-0.4, -0.2) is 26.4 Å². The van der Waals surface area contributed by atoms with E-state index in [9.17, 15) is 0 Å². The molecule has 1 unspecified atom stereocenters.